The second-order valence-corrected chi connectivity index (χ2v) is 7.43. The Labute approximate surface area is 163 Å². The Balaban J connectivity index is 1.80. The number of hydrogen-bond donors (Lipinski definition) is 2. The van der Waals surface area contributed by atoms with Gasteiger partial charge >= 0.3 is 0 Å². The van der Waals surface area contributed by atoms with Crippen molar-refractivity contribution in [3.8, 4) is 0 Å². The molecule has 1 aromatic heterocycles. The Hall–Kier alpha value is -2.28. The highest BCUT2D eigenvalue weighted by molar-refractivity contribution is 7.14. The van der Waals surface area contributed by atoms with E-state index in [1.165, 1.54) is 48.8 Å². The minimum atomic E-state index is -0.584. The van der Waals surface area contributed by atoms with Gasteiger partial charge in [0.05, 0.1) is 17.7 Å². The van der Waals surface area contributed by atoms with Crippen molar-refractivity contribution < 1.29 is 14.0 Å². The largest absolute Gasteiger partial charge is 0.353 e. The van der Waals surface area contributed by atoms with Gasteiger partial charge in [-0.3, -0.25) is 14.9 Å². The molecule has 2 amide bonds. The summed E-state index contributed by atoms with van der Waals surface area (Å²) in [7, 11) is 0. The third kappa shape index (κ3) is 7.09. The number of carbonyl (C=O) groups is 2. The standard InChI is InChI=1S/C20H26FN3O2S/c1-3-4-5-6-9-14(2)22-18(25)12-15-13-27-20(23-15)24-19(26)16-10-7-8-11-17(16)21/h7-8,10-11,13-14H,3-6,9,12H2,1-2H3,(H,22,25)(H,23,24,26). The number of amides is 2. The topological polar surface area (TPSA) is 71.1 Å². The van der Waals surface area contributed by atoms with Crippen LogP contribution in [0.1, 0.15) is 62.0 Å². The average Bonchev–Trinajstić information content (AvgIpc) is 3.05. The van der Waals surface area contributed by atoms with Crippen LogP contribution in [0.15, 0.2) is 29.6 Å². The Morgan fingerprint density at radius 1 is 1.22 bits per heavy atom. The first-order chi connectivity index (χ1) is 13.0. The van der Waals surface area contributed by atoms with E-state index in [9.17, 15) is 14.0 Å². The van der Waals surface area contributed by atoms with Crippen molar-refractivity contribution in [1.29, 1.82) is 0 Å². The number of aromatic nitrogens is 1. The number of halogens is 1. The summed E-state index contributed by atoms with van der Waals surface area (Å²) >= 11 is 1.21. The fourth-order valence-electron chi connectivity index (χ4n) is 2.70. The number of thiazole rings is 1. The molecule has 0 radical (unpaired) electrons. The highest BCUT2D eigenvalue weighted by Gasteiger charge is 2.14. The Morgan fingerprint density at radius 3 is 2.74 bits per heavy atom. The fraction of sp³-hybridized carbons (Fsp3) is 0.450. The molecule has 146 valence electrons. The molecule has 1 aromatic carbocycles. The van der Waals surface area contributed by atoms with E-state index in [1.54, 1.807) is 11.4 Å². The van der Waals surface area contributed by atoms with Crippen molar-refractivity contribution in [2.45, 2.75) is 58.4 Å². The molecular formula is C20H26FN3O2S. The van der Waals surface area contributed by atoms with E-state index in [-0.39, 0.29) is 23.9 Å². The van der Waals surface area contributed by atoms with Crippen molar-refractivity contribution in [1.82, 2.24) is 10.3 Å². The van der Waals surface area contributed by atoms with Crippen molar-refractivity contribution >= 4 is 28.3 Å². The monoisotopic (exact) mass is 391 g/mol. The van der Waals surface area contributed by atoms with Crippen molar-refractivity contribution in [2.24, 2.45) is 0 Å². The molecule has 0 aliphatic heterocycles. The molecule has 2 rings (SSSR count). The quantitative estimate of drug-likeness (QED) is 0.584. The molecule has 0 spiro atoms. The van der Waals surface area contributed by atoms with Crippen LogP contribution in [0.25, 0.3) is 0 Å². The second-order valence-electron chi connectivity index (χ2n) is 6.57. The van der Waals surface area contributed by atoms with Crippen LogP contribution in [0.5, 0.6) is 0 Å². The lowest BCUT2D eigenvalue weighted by Gasteiger charge is -2.13. The molecule has 0 bridgehead atoms. The van der Waals surface area contributed by atoms with E-state index in [1.807, 2.05) is 6.92 Å². The lowest BCUT2D eigenvalue weighted by Crippen LogP contribution is -2.33. The number of hydrogen-bond acceptors (Lipinski definition) is 4. The Kier molecular flexibility index (Phi) is 8.39. The van der Waals surface area contributed by atoms with Gasteiger partial charge in [-0.25, -0.2) is 9.37 Å². The van der Waals surface area contributed by atoms with Crippen LogP contribution in [0, 0.1) is 5.82 Å². The Morgan fingerprint density at radius 2 is 2.00 bits per heavy atom. The summed E-state index contributed by atoms with van der Waals surface area (Å²) in [6, 6.07) is 5.90. The van der Waals surface area contributed by atoms with Gasteiger partial charge in [-0.1, -0.05) is 44.7 Å². The van der Waals surface area contributed by atoms with Gasteiger partial charge in [-0.2, -0.15) is 0 Å². The minimum Gasteiger partial charge on any atom is -0.353 e. The van der Waals surface area contributed by atoms with Gasteiger partial charge in [0.25, 0.3) is 5.91 Å². The summed E-state index contributed by atoms with van der Waals surface area (Å²) in [5.74, 6) is -1.23. The van der Waals surface area contributed by atoms with Gasteiger partial charge in [0.15, 0.2) is 5.13 Å². The zero-order valence-corrected chi connectivity index (χ0v) is 16.6. The molecule has 2 N–H and O–H groups in total. The highest BCUT2D eigenvalue weighted by Crippen LogP contribution is 2.18. The summed E-state index contributed by atoms with van der Waals surface area (Å²) in [5, 5.41) is 7.62. The average molecular weight is 392 g/mol. The van der Waals surface area contributed by atoms with Crippen molar-refractivity contribution in [2.75, 3.05) is 5.32 Å². The molecule has 27 heavy (non-hydrogen) atoms. The first kappa shape index (κ1) is 21.0. The Bertz CT molecular complexity index is 763. The highest BCUT2D eigenvalue weighted by atomic mass is 32.1. The summed E-state index contributed by atoms with van der Waals surface area (Å²) < 4.78 is 13.6. The van der Waals surface area contributed by atoms with Crippen LogP contribution < -0.4 is 10.6 Å². The summed E-state index contributed by atoms with van der Waals surface area (Å²) in [6.07, 6.45) is 5.84. The van der Waals surface area contributed by atoms with E-state index in [0.717, 1.165) is 12.8 Å². The number of anilines is 1. The van der Waals surface area contributed by atoms with E-state index >= 15 is 0 Å². The van der Waals surface area contributed by atoms with Crippen molar-refractivity contribution in [3.05, 3.63) is 46.7 Å². The molecule has 0 saturated heterocycles. The maximum atomic E-state index is 13.6. The third-order valence-corrected chi connectivity index (χ3v) is 4.94. The van der Waals surface area contributed by atoms with Gasteiger partial charge in [0, 0.05) is 11.4 Å². The molecular weight excluding hydrogens is 365 g/mol. The van der Waals surface area contributed by atoms with Gasteiger partial charge in [-0.15, -0.1) is 11.3 Å². The molecule has 0 aliphatic rings. The zero-order valence-electron chi connectivity index (χ0n) is 15.8. The normalized spacial score (nSPS) is 11.8. The minimum absolute atomic E-state index is 0.0381. The second kappa shape index (κ2) is 10.8. The predicted octanol–water partition coefficient (Wildman–Crippen LogP) is 4.55. The molecule has 1 atom stereocenters. The van der Waals surface area contributed by atoms with Crippen LogP contribution in [-0.2, 0) is 11.2 Å². The van der Waals surface area contributed by atoms with Crippen LogP contribution >= 0.6 is 11.3 Å². The van der Waals surface area contributed by atoms with Crippen LogP contribution in [0.2, 0.25) is 0 Å². The lowest BCUT2D eigenvalue weighted by molar-refractivity contribution is -0.121. The maximum Gasteiger partial charge on any atom is 0.260 e. The molecule has 5 nitrogen and oxygen atoms in total. The molecule has 2 aromatic rings. The SMILES string of the molecule is CCCCCCC(C)NC(=O)Cc1csc(NC(=O)c2ccccc2F)n1. The predicted molar refractivity (Wildman–Crippen MR) is 107 cm³/mol. The lowest BCUT2D eigenvalue weighted by atomic mass is 10.1. The summed E-state index contributed by atoms with van der Waals surface area (Å²) in [5.41, 5.74) is 0.545. The number of carbonyl (C=O) groups excluding carboxylic acids is 2. The molecule has 1 unspecified atom stereocenters. The van der Waals surface area contributed by atoms with Crippen LogP contribution in [0.4, 0.5) is 9.52 Å². The third-order valence-electron chi connectivity index (χ3n) is 4.13. The smallest absolute Gasteiger partial charge is 0.260 e. The number of benzene rings is 1. The van der Waals surface area contributed by atoms with Gasteiger partial charge in [0.1, 0.15) is 5.82 Å². The first-order valence-corrected chi connectivity index (χ1v) is 10.2. The van der Waals surface area contributed by atoms with E-state index in [4.69, 9.17) is 0 Å². The molecule has 0 fully saturated rings. The van der Waals surface area contributed by atoms with Crippen LogP contribution in [0.3, 0.4) is 0 Å². The van der Waals surface area contributed by atoms with Crippen molar-refractivity contribution in [3.63, 3.8) is 0 Å². The summed E-state index contributed by atoms with van der Waals surface area (Å²) in [6.45, 7) is 4.18. The summed E-state index contributed by atoms with van der Waals surface area (Å²) in [4.78, 5) is 28.5. The number of rotatable bonds is 10. The zero-order chi connectivity index (χ0) is 19.6. The van der Waals surface area contributed by atoms with Gasteiger partial charge in [0.2, 0.25) is 5.91 Å². The molecule has 0 saturated carbocycles. The van der Waals surface area contributed by atoms with E-state index in [0.29, 0.717) is 10.8 Å². The maximum absolute atomic E-state index is 13.6. The first-order valence-electron chi connectivity index (χ1n) is 9.29. The van der Waals surface area contributed by atoms with Gasteiger partial charge < -0.3 is 5.32 Å². The van der Waals surface area contributed by atoms with E-state index < -0.39 is 11.7 Å². The molecule has 1 heterocycles. The molecule has 0 aliphatic carbocycles. The van der Waals surface area contributed by atoms with E-state index in [2.05, 4.69) is 22.5 Å². The fourth-order valence-corrected chi connectivity index (χ4v) is 3.40. The van der Waals surface area contributed by atoms with Crippen LogP contribution in [-0.4, -0.2) is 22.8 Å². The number of nitrogens with zero attached hydrogens (tertiary/aromatic N) is 1. The number of nitrogens with one attached hydrogen (secondary N) is 2. The molecule has 7 heteroatoms. The van der Waals surface area contributed by atoms with Gasteiger partial charge in [-0.05, 0) is 25.5 Å². The number of unbranched alkanes of at least 4 members (excludes halogenated alkanes) is 3.